The maximum Gasteiger partial charge on any atom is 0.305 e. The number of aliphatic carboxylic acids is 1. The quantitative estimate of drug-likeness (QED) is 0.644. The normalized spacial score (nSPS) is 14.7. The second-order valence-corrected chi connectivity index (χ2v) is 3.45. The molecule has 1 aromatic rings. The molecular formula is C9H13N3O2. The van der Waals surface area contributed by atoms with E-state index in [4.69, 9.17) is 16.6 Å². The van der Waals surface area contributed by atoms with Crippen LogP contribution in [0.5, 0.6) is 0 Å². The van der Waals surface area contributed by atoms with Crippen LogP contribution in [-0.2, 0) is 10.3 Å². The number of aromatic nitrogens is 1. The smallest absolute Gasteiger partial charge is 0.305 e. The minimum atomic E-state index is -0.982. The van der Waals surface area contributed by atoms with Crippen molar-refractivity contribution in [2.45, 2.75) is 18.9 Å². The lowest BCUT2D eigenvalue weighted by Gasteiger charge is -2.23. The molecule has 0 amide bonds. The molecule has 5 heteroatoms. The number of nitrogens with two attached hydrogens (primary N) is 2. The molecule has 0 aromatic carbocycles. The van der Waals surface area contributed by atoms with Crippen molar-refractivity contribution in [3.05, 3.63) is 24.0 Å². The molecule has 1 heterocycles. The molecule has 0 saturated heterocycles. The van der Waals surface area contributed by atoms with Crippen LogP contribution in [0.25, 0.3) is 0 Å². The zero-order chi connectivity index (χ0) is 10.8. The first-order valence-electron chi connectivity index (χ1n) is 4.14. The van der Waals surface area contributed by atoms with Crippen molar-refractivity contribution < 1.29 is 9.90 Å². The Kier molecular flexibility index (Phi) is 2.71. The second-order valence-electron chi connectivity index (χ2n) is 3.45. The number of carboxylic acid groups (broad SMARTS) is 1. The van der Waals surface area contributed by atoms with Crippen LogP contribution in [0.15, 0.2) is 18.5 Å². The first-order chi connectivity index (χ1) is 6.43. The maximum atomic E-state index is 10.6. The highest BCUT2D eigenvalue weighted by Crippen LogP contribution is 2.25. The van der Waals surface area contributed by atoms with Gasteiger partial charge >= 0.3 is 5.97 Å². The molecule has 0 fully saturated rings. The van der Waals surface area contributed by atoms with E-state index in [0.29, 0.717) is 11.3 Å². The van der Waals surface area contributed by atoms with Crippen LogP contribution in [-0.4, -0.2) is 16.1 Å². The number of rotatable bonds is 3. The molecule has 5 N–H and O–H groups in total. The van der Waals surface area contributed by atoms with Gasteiger partial charge in [0.2, 0.25) is 0 Å². The molecular weight excluding hydrogens is 182 g/mol. The molecule has 76 valence electrons. The minimum Gasteiger partial charge on any atom is -0.481 e. The molecule has 0 aliphatic rings. The lowest BCUT2D eigenvalue weighted by atomic mass is 9.90. The van der Waals surface area contributed by atoms with Gasteiger partial charge in [-0.3, -0.25) is 9.78 Å². The van der Waals surface area contributed by atoms with E-state index >= 15 is 0 Å². The van der Waals surface area contributed by atoms with Crippen LogP contribution in [0.1, 0.15) is 18.9 Å². The molecule has 1 atom stereocenters. The van der Waals surface area contributed by atoms with E-state index in [2.05, 4.69) is 4.98 Å². The van der Waals surface area contributed by atoms with Gasteiger partial charge in [0.1, 0.15) is 0 Å². The average Bonchev–Trinajstić information content (AvgIpc) is 2.02. The molecule has 0 aliphatic carbocycles. The summed E-state index contributed by atoms with van der Waals surface area (Å²) in [6, 6.07) is 1.60. The summed E-state index contributed by atoms with van der Waals surface area (Å²) in [6.45, 7) is 1.62. The van der Waals surface area contributed by atoms with Gasteiger partial charge in [0, 0.05) is 23.6 Å². The van der Waals surface area contributed by atoms with Crippen molar-refractivity contribution in [2.24, 2.45) is 5.73 Å². The number of hydrogen-bond donors (Lipinski definition) is 3. The topological polar surface area (TPSA) is 102 Å². The Balaban J connectivity index is 3.03. The fraction of sp³-hybridized carbons (Fsp3) is 0.333. The molecule has 0 radical (unpaired) electrons. The third-order valence-corrected chi connectivity index (χ3v) is 1.99. The predicted molar refractivity (Wildman–Crippen MR) is 52.4 cm³/mol. The third-order valence-electron chi connectivity index (χ3n) is 1.99. The highest BCUT2D eigenvalue weighted by Gasteiger charge is 2.26. The van der Waals surface area contributed by atoms with Crippen LogP contribution in [0.4, 0.5) is 5.69 Å². The second kappa shape index (κ2) is 3.63. The summed E-state index contributed by atoms with van der Waals surface area (Å²) in [6.07, 6.45) is 2.86. The third kappa shape index (κ3) is 2.20. The van der Waals surface area contributed by atoms with E-state index in [1.54, 1.807) is 13.0 Å². The molecule has 0 spiro atoms. The molecule has 0 bridgehead atoms. The van der Waals surface area contributed by atoms with Gasteiger partial charge in [-0.2, -0.15) is 0 Å². The fourth-order valence-electron chi connectivity index (χ4n) is 1.29. The van der Waals surface area contributed by atoms with Gasteiger partial charge < -0.3 is 16.6 Å². The van der Waals surface area contributed by atoms with E-state index in [0.717, 1.165) is 0 Å². The van der Waals surface area contributed by atoms with Gasteiger partial charge in [-0.05, 0) is 13.0 Å². The number of anilines is 1. The van der Waals surface area contributed by atoms with Crippen LogP contribution in [0.3, 0.4) is 0 Å². The summed E-state index contributed by atoms with van der Waals surface area (Å²) >= 11 is 0. The van der Waals surface area contributed by atoms with Crippen LogP contribution >= 0.6 is 0 Å². The predicted octanol–water partition coefficient (Wildman–Crippen LogP) is 0.312. The van der Waals surface area contributed by atoms with Crippen LogP contribution < -0.4 is 11.5 Å². The fourth-order valence-corrected chi connectivity index (χ4v) is 1.29. The van der Waals surface area contributed by atoms with Gasteiger partial charge in [-0.15, -0.1) is 0 Å². The summed E-state index contributed by atoms with van der Waals surface area (Å²) in [5.74, 6) is -0.960. The lowest BCUT2D eigenvalue weighted by molar-refractivity contribution is -0.138. The van der Waals surface area contributed by atoms with Crippen molar-refractivity contribution in [3.8, 4) is 0 Å². The average molecular weight is 195 g/mol. The Morgan fingerprint density at radius 2 is 2.36 bits per heavy atom. The number of nitrogens with zero attached hydrogens (tertiary/aromatic N) is 1. The number of carboxylic acids is 1. The van der Waals surface area contributed by atoms with Gasteiger partial charge in [0.05, 0.1) is 12.0 Å². The Hall–Kier alpha value is -1.62. The van der Waals surface area contributed by atoms with E-state index in [-0.39, 0.29) is 6.42 Å². The van der Waals surface area contributed by atoms with Crippen molar-refractivity contribution in [2.75, 3.05) is 5.73 Å². The zero-order valence-corrected chi connectivity index (χ0v) is 7.90. The van der Waals surface area contributed by atoms with Gasteiger partial charge in [-0.1, -0.05) is 0 Å². The number of carbonyl (C=O) groups is 1. The monoisotopic (exact) mass is 195 g/mol. The molecule has 1 aromatic heterocycles. The summed E-state index contributed by atoms with van der Waals surface area (Å²) in [4.78, 5) is 14.4. The van der Waals surface area contributed by atoms with Crippen molar-refractivity contribution in [3.63, 3.8) is 0 Å². The van der Waals surface area contributed by atoms with Gasteiger partial charge in [0.25, 0.3) is 0 Å². The Labute approximate surface area is 81.7 Å². The summed E-state index contributed by atoms with van der Waals surface area (Å²) in [5.41, 5.74) is 11.5. The van der Waals surface area contributed by atoms with Crippen LogP contribution in [0, 0.1) is 0 Å². The van der Waals surface area contributed by atoms with Crippen molar-refractivity contribution >= 4 is 11.7 Å². The first-order valence-corrected chi connectivity index (χ1v) is 4.14. The Morgan fingerprint density at radius 3 is 2.86 bits per heavy atom. The molecule has 14 heavy (non-hydrogen) atoms. The van der Waals surface area contributed by atoms with E-state index in [9.17, 15) is 4.79 Å². The molecule has 1 rings (SSSR count). The summed E-state index contributed by atoms with van der Waals surface area (Å²) in [5, 5.41) is 8.66. The van der Waals surface area contributed by atoms with Crippen LogP contribution in [0.2, 0.25) is 0 Å². The standard InChI is InChI=1S/C9H13N3O2/c1-9(11,4-8(13)14)6-5-12-3-2-7(6)10/h2-3,5H,4,11H2,1H3,(H2,10,12)(H,13,14)/t9-/m1/s1. The summed E-state index contributed by atoms with van der Waals surface area (Å²) in [7, 11) is 0. The highest BCUT2D eigenvalue weighted by atomic mass is 16.4. The highest BCUT2D eigenvalue weighted by molar-refractivity contribution is 5.69. The van der Waals surface area contributed by atoms with Crippen molar-refractivity contribution in [1.29, 1.82) is 0 Å². The molecule has 5 nitrogen and oxygen atoms in total. The van der Waals surface area contributed by atoms with E-state index < -0.39 is 11.5 Å². The van der Waals surface area contributed by atoms with Crippen molar-refractivity contribution in [1.82, 2.24) is 4.98 Å². The Bertz CT molecular complexity index is 350. The number of pyridine rings is 1. The van der Waals surface area contributed by atoms with Gasteiger partial charge in [0.15, 0.2) is 0 Å². The molecule has 0 saturated carbocycles. The largest absolute Gasteiger partial charge is 0.481 e. The molecule has 0 aliphatic heterocycles. The number of nitrogen functional groups attached to an aromatic ring is 1. The Morgan fingerprint density at radius 1 is 1.71 bits per heavy atom. The maximum absolute atomic E-state index is 10.6. The number of hydrogen-bond acceptors (Lipinski definition) is 4. The van der Waals surface area contributed by atoms with E-state index in [1.165, 1.54) is 12.4 Å². The minimum absolute atomic E-state index is 0.178. The molecule has 0 unspecified atom stereocenters. The van der Waals surface area contributed by atoms with Gasteiger partial charge in [-0.25, -0.2) is 0 Å². The zero-order valence-electron chi connectivity index (χ0n) is 7.90. The summed E-state index contributed by atoms with van der Waals surface area (Å²) < 4.78 is 0. The van der Waals surface area contributed by atoms with E-state index in [1.807, 2.05) is 0 Å². The lowest BCUT2D eigenvalue weighted by Crippen LogP contribution is -2.36. The first kappa shape index (κ1) is 10.5. The SMILES string of the molecule is C[C@@](N)(CC(=O)O)c1cnccc1N.